The summed E-state index contributed by atoms with van der Waals surface area (Å²) >= 11 is 8.51. The van der Waals surface area contributed by atoms with Crippen molar-refractivity contribution in [3.8, 4) is 11.5 Å². The quantitative estimate of drug-likeness (QED) is 0.540. The molecule has 0 aliphatic carbocycles. The molecule has 25 heavy (non-hydrogen) atoms. The maximum absolute atomic E-state index is 12.9. The molecule has 0 saturated carbocycles. The number of nitrogens with zero attached hydrogens (tertiary/aromatic N) is 1. The van der Waals surface area contributed by atoms with Gasteiger partial charge in [0.25, 0.3) is 0 Å². The third kappa shape index (κ3) is 5.86. The van der Waals surface area contributed by atoms with E-state index >= 15 is 0 Å². The second-order valence-electron chi connectivity index (χ2n) is 5.43. The lowest BCUT2D eigenvalue weighted by atomic mass is 10.2. The monoisotopic (exact) mass is 381 g/mol. The molecule has 0 bridgehead atoms. The zero-order chi connectivity index (χ0) is 18.4. The predicted octanol–water partition coefficient (Wildman–Crippen LogP) is 5.11. The molecular weight excluding hydrogens is 361 g/mol. The molecule has 7 heteroatoms. The number of carbonyl (C=O) groups is 1. The Morgan fingerprint density at radius 2 is 1.48 bits per heavy atom. The summed E-state index contributed by atoms with van der Waals surface area (Å²) in [4.78, 5) is 13.5. The number of hydrogen-bond donors (Lipinski definition) is 2. The molecule has 2 unspecified atom stereocenters. The summed E-state index contributed by atoms with van der Waals surface area (Å²) in [6.07, 6.45) is -0.475. The Balaban J connectivity index is 1.91. The summed E-state index contributed by atoms with van der Waals surface area (Å²) in [5.74, 6) is 0.836. The van der Waals surface area contributed by atoms with Gasteiger partial charge >= 0.3 is 6.09 Å². The van der Waals surface area contributed by atoms with Crippen molar-refractivity contribution in [2.45, 2.75) is 31.2 Å². The van der Waals surface area contributed by atoms with Gasteiger partial charge < -0.3 is 9.47 Å². The summed E-state index contributed by atoms with van der Waals surface area (Å²) in [6.45, 7) is 3.69. The summed E-state index contributed by atoms with van der Waals surface area (Å²) in [5, 5.41) is -0.599. The van der Waals surface area contributed by atoms with Gasteiger partial charge in [-0.3, -0.25) is 4.90 Å². The molecule has 4 nitrogen and oxygen atoms in total. The van der Waals surface area contributed by atoms with Crippen LogP contribution in [-0.2, 0) is 11.3 Å². The van der Waals surface area contributed by atoms with Gasteiger partial charge in [-0.2, -0.15) is 25.3 Å². The molecular formula is C18H20FNO3S2. The summed E-state index contributed by atoms with van der Waals surface area (Å²) < 4.78 is 23.8. The van der Waals surface area contributed by atoms with E-state index in [2.05, 4.69) is 25.3 Å². The standard InChI is InChI=1S/C18H20FNO3S2/c1-12(24)20(13(2)25)18(21)22-11-14-3-7-16(8-4-14)23-17-9-5-15(19)6-10-17/h3-10,12-13,24-25H,11H2,1-2H3. The maximum Gasteiger partial charge on any atom is 0.411 e. The average molecular weight is 381 g/mol. The first-order chi connectivity index (χ1) is 11.9. The first kappa shape index (κ1) is 19.5. The van der Waals surface area contributed by atoms with Crippen LogP contribution in [0.4, 0.5) is 9.18 Å². The van der Waals surface area contributed by atoms with Crippen LogP contribution in [0.25, 0.3) is 0 Å². The van der Waals surface area contributed by atoms with Crippen molar-refractivity contribution in [3.05, 3.63) is 59.9 Å². The number of benzene rings is 2. The Morgan fingerprint density at radius 3 is 1.96 bits per heavy atom. The molecule has 2 rings (SSSR count). The van der Waals surface area contributed by atoms with Crippen LogP contribution in [0.3, 0.4) is 0 Å². The smallest absolute Gasteiger partial charge is 0.411 e. The predicted molar refractivity (Wildman–Crippen MR) is 102 cm³/mol. The lowest BCUT2D eigenvalue weighted by Crippen LogP contribution is -2.40. The number of thiol groups is 2. The first-order valence-electron chi connectivity index (χ1n) is 7.70. The van der Waals surface area contributed by atoms with Crippen molar-refractivity contribution in [2.24, 2.45) is 0 Å². The number of ether oxygens (including phenoxy) is 2. The highest BCUT2D eigenvalue weighted by atomic mass is 32.1. The summed E-state index contributed by atoms with van der Waals surface area (Å²) in [5.41, 5.74) is 0.818. The number of carbonyl (C=O) groups excluding carboxylic acids is 1. The number of halogens is 1. The van der Waals surface area contributed by atoms with Crippen molar-refractivity contribution in [1.82, 2.24) is 4.90 Å². The van der Waals surface area contributed by atoms with E-state index in [-0.39, 0.29) is 23.2 Å². The van der Waals surface area contributed by atoms with E-state index in [0.717, 1.165) is 5.56 Å². The highest BCUT2D eigenvalue weighted by Gasteiger charge is 2.22. The van der Waals surface area contributed by atoms with E-state index in [1.165, 1.54) is 17.0 Å². The second kappa shape index (κ2) is 9.01. The van der Waals surface area contributed by atoms with E-state index in [1.807, 2.05) is 0 Å². The van der Waals surface area contributed by atoms with E-state index < -0.39 is 6.09 Å². The lowest BCUT2D eigenvalue weighted by molar-refractivity contribution is 0.0929. The van der Waals surface area contributed by atoms with E-state index in [9.17, 15) is 9.18 Å². The van der Waals surface area contributed by atoms with Crippen LogP contribution in [0, 0.1) is 5.82 Å². The van der Waals surface area contributed by atoms with Gasteiger partial charge in [-0.05, 0) is 55.8 Å². The SMILES string of the molecule is CC(S)N(C(=O)OCc1ccc(Oc2ccc(F)cc2)cc1)C(C)S. The van der Waals surface area contributed by atoms with Crippen molar-refractivity contribution in [2.75, 3.05) is 0 Å². The minimum atomic E-state index is -0.475. The molecule has 1 amide bonds. The molecule has 0 radical (unpaired) electrons. The Labute approximate surface area is 157 Å². The molecule has 2 aromatic carbocycles. The first-order valence-corrected chi connectivity index (χ1v) is 8.73. The zero-order valence-electron chi connectivity index (χ0n) is 13.9. The molecule has 0 aliphatic heterocycles. The van der Waals surface area contributed by atoms with Crippen LogP contribution in [0.1, 0.15) is 19.4 Å². The van der Waals surface area contributed by atoms with Crippen LogP contribution in [-0.4, -0.2) is 21.7 Å². The van der Waals surface area contributed by atoms with Gasteiger partial charge in [0, 0.05) is 0 Å². The Hall–Kier alpha value is -1.86. The third-order valence-electron chi connectivity index (χ3n) is 3.35. The fourth-order valence-corrected chi connectivity index (χ4v) is 2.82. The van der Waals surface area contributed by atoms with Gasteiger partial charge in [0.15, 0.2) is 0 Å². The normalized spacial score (nSPS) is 13.0. The summed E-state index contributed by atoms with van der Waals surface area (Å²) in [7, 11) is 0. The van der Waals surface area contributed by atoms with Gasteiger partial charge in [0.1, 0.15) is 23.9 Å². The minimum absolute atomic E-state index is 0.132. The minimum Gasteiger partial charge on any atom is -0.457 e. The van der Waals surface area contributed by atoms with Gasteiger partial charge in [-0.25, -0.2) is 9.18 Å². The largest absolute Gasteiger partial charge is 0.457 e. The van der Waals surface area contributed by atoms with Crippen molar-refractivity contribution in [3.63, 3.8) is 0 Å². The van der Waals surface area contributed by atoms with Crippen molar-refractivity contribution >= 4 is 31.4 Å². The maximum atomic E-state index is 12.9. The van der Waals surface area contributed by atoms with Gasteiger partial charge in [-0.15, -0.1) is 0 Å². The van der Waals surface area contributed by atoms with Gasteiger partial charge in [0.2, 0.25) is 0 Å². The molecule has 0 saturated heterocycles. The molecule has 134 valence electrons. The lowest BCUT2D eigenvalue weighted by Gasteiger charge is -2.28. The Kier molecular flexibility index (Phi) is 7.01. The van der Waals surface area contributed by atoms with Crippen LogP contribution in [0.2, 0.25) is 0 Å². The molecule has 0 heterocycles. The fourth-order valence-electron chi connectivity index (χ4n) is 2.13. The topological polar surface area (TPSA) is 38.8 Å². The molecule has 2 atom stereocenters. The highest BCUT2D eigenvalue weighted by molar-refractivity contribution is 7.81. The van der Waals surface area contributed by atoms with E-state index in [1.54, 1.807) is 50.2 Å². The van der Waals surface area contributed by atoms with E-state index in [0.29, 0.717) is 11.5 Å². The molecule has 2 aromatic rings. The zero-order valence-corrected chi connectivity index (χ0v) is 15.7. The fraction of sp³-hybridized carbons (Fsp3) is 0.278. The van der Waals surface area contributed by atoms with Crippen LogP contribution >= 0.6 is 25.3 Å². The molecule has 0 fully saturated rings. The molecule has 0 aliphatic rings. The molecule has 0 aromatic heterocycles. The second-order valence-corrected chi connectivity index (χ2v) is 6.92. The molecule has 0 N–H and O–H groups in total. The number of rotatable bonds is 6. The van der Waals surface area contributed by atoms with Crippen LogP contribution < -0.4 is 4.74 Å². The summed E-state index contributed by atoms with van der Waals surface area (Å²) in [6, 6.07) is 12.9. The number of hydrogen-bond acceptors (Lipinski definition) is 5. The van der Waals surface area contributed by atoms with E-state index in [4.69, 9.17) is 9.47 Å². The van der Waals surface area contributed by atoms with Gasteiger partial charge in [0.05, 0.1) is 10.7 Å². The van der Waals surface area contributed by atoms with Crippen molar-refractivity contribution < 1.29 is 18.7 Å². The van der Waals surface area contributed by atoms with Gasteiger partial charge in [-0.1, -0.05) is 12.1 Å². The van der Waals surface area contributed by atoms with Crippen LogP contribution in [0.5, 0.6) is 11.5 Å². The number of amides is 1. The third-order valence-corrected chi connectivity index (χ3v) is 3.85. The Morgan fingerprint density at radius 1 is 1.00 bits per heavy atom. The highest BCUT2D eigenvalue weighted by Crippen LogP contribution is 2.22. The van der Waals surface area contributed by atoms with Crippen LogP contribution in [0.15, 0.2) is 48.5 Å². The average Bonchev–Trinajstić information content (AvgIpc) is 2.55. The molecule has 0 spiro atoms. The Bertz CT molecular complexity index is 682. The van der Waals surface area contributed by atoms with Crippen molar-refractivity contribution in [1.29, 1.82) is 0 Å².